The summed E-state index contributed by atoms with van der Waals surface area (Å²) in [6.45, 7) is 4.19. The SMILES string of the molecule is CCCCC[C@@H](C)NC(=O)CSc1nnc(-c2cc(OC)cc(OC)c2)o1. The van der Waals surface area contributed by atoms with Gasteiger partial charge < -0.3 is 19.2 Å². The number of rotatable bonds is 11. The van der Waals surface area contributed by atoms with Gasteiger partial charge in [-0.15, -0.1) is 10.2 Å². The number of carbonyl (C=O) groups is 1. The van der Waals surface area contributed by atoms with E-state index in [0.29, 0.717) is 28.2 Å². The van der Waals surface area contributed by atoms with Gasteiger partial charge in [-0.2, -0.15) is 0 Å². The second kappa shape index (κ2) is 10.8. The van der Waals surface area contributed by atoms with Crippen LogP contribution in [0.25, 0.3) is 11.5 Å². The van der Waals surface area contributed by atoms with Crippen molar-refractivity contribution >= 4 is 17.7 Å². The van der Waals surface area contributed by atoms with Gasteiger partial charge >= 0.3 is 0 Å². The highest BCUT2D eigenvalue weighted by atomic mass is 32.2. The third kappa shape index (κ3) is 6.78. The van der Waals surface area contributed by atoms with Crippen LogP contribution in [0.4, 0.5) is 0 Å². The molecule has 0 saturated carbocycles. The van der Waals surface area contributed by atoms with Gasteiger partial charge in [0.2, 0.25) is 11.8 Å². The first-order chi connectivity index (χ1) is 13.0. The molecule has 7 nitrogen and oxygen atoms in total. The number of ether oxygens (including phenoxy) is 2. The van der Waals surface area contributed by atoms with Crippen molar-refractivity contribution in [1.82, 2.24) is 15.5 Å². The van der Waals surface area contributed by atoms with Crippen molar-refractivity contribution in [3.8, 4) is 23.0 Å². The van der Waals surface area contributed by atoms with Gasteiger partial charge in [0.05, 0.1) is 20.0 Å². The summed E-state index contributed by atoms with van der Waals surface area (Å²) < 4.78 is 16.2. The van der Waals surface area contributed by atoms with Crippen molar-refractivity contribution in [3.05, 3.63) is 18.2 Å². The fourth-order valence-electron chi connectivity index (χ4n) is 2.53. The van der Waals surface area contributed by atoms with Gasteiger partial charge in [0.1, 0.15) is 11.5 Å². The molecule has 2 aromatic rings. The van der Waals surface area contributed by atoms with Crippen molar-refractivity contribution in [3.63, 3.8) is 0 Å². The fourth-order valence-corrected chi connectivity index (χ4v) is 3.11. The first kappa shape index (κ1) is 21.1. The summed E-state index contributed by atoms with van der Waals surface area (Å²) in [5, 5.41) is 11.4. The van der Waals surface area contributed by atoms with E-state index in [1.165, 1.54) is 24.6 Å². The van der Waals surface area contributed by atoms with Crippen LogP contribution in [0.15, 0.2) is 27.8 Å². The number of nitrogens with one attached hydrogen (secondary N) is 1. The third-order valence-electron chi connectivity index (χ3n) is 3.98. The Hall–Kier alpha value is -2.22. The molecule has 0 unspecified atom stereocenters. The van der Waals surface area contributed by atoms with Crippen LogP contribution in [0.1, 0.15) is 39.5 Å². The lowest BCUT2D eigenvalue weighted by Crippen LogP contribution is -2.33. The molecule has 27 heavy (non-hydrogen) atoms. The summed E-state index contributed by atoms with van der Waals surface area (Å²) >= 11 is 1.22. The Morgan fingerprint density at radius 1 is 1.19 bits per heavy atom. The summed E-state index contributed by atoms with van der Waals surface area (Å²) in [4.78, 5) is 12.0. The van der Waals surface area contributed by atoms with Crippen molar-refractivity contribution in [2.45, 2.75) is 50.8 Å². The molecule has 8 heteroatoms. The minimum atomic E-state index is -0.0354. The Morgan fingerprint density at radius 2 is 1.89 bits per heavy atom. The Labute approximate surface area is 164 Å². The molecule has 1 aromatic carbocycles. The van der Waals surface area contributed by atoms with E-state index in [1.54, 1.807) is 32.4 Å². The molecule has 1 amide bonds. The van der Waals surface area contributed by atoms with E-state index in [2.05, 4.69) is 22.4 Å². The molecule has 0 spiro atoms. The highest BCUT2D eigenvalue weighted by Crippen LogP contribution is 2.30. The molecule has 148 valence electrons. The van der Waals surface area contributed by atoms with Gasteiger partial charge in [-0.25, -0.2) is 0 Å². The average Bonchev–Trinajstić information content (AvgIpc) is 3.15. The third-order valence-corrected chi connectivity index (χ3v) is 4.80. The van der Waals surface area contributed by atoms with E-state index < -0.39 is 0 Å². The zero-order valence-corrected chi connectivity index (χ0v) is 17.1. The smallest absolute Gasteiger partial charge is 0.277 e. The van der Waals surface area contributed by atoms with Crippen LogP contribution in [-0.4, -0.2) is 42.1 Å². The normalized spacial score (nSPS) is 11.9. The molecule has 0 saturated heterocycles. The van der Waals surface area contributed by atoms with E-state index in [1.807, 2.05) is 6.92 Å². The molecule has 0 bridgehead atoms. The van der Waals surface area contributed by atoms with E-state index in [-0.39, 0.29) is 17.7 Å². The average molecular weight is 394 g/mol. The van der Waals surface area contributed by atoms with Crippen LogP contribution in [0.5, 0.6) is 11.5 Å². The minimum absolute atomic E-state index is 0.0354. The zero-order chi connectivity index (χ0) is 19.6. The van der Waals surface area contributed by atoms with Crippen LogP contribution in [-0.2, 0) is 4.79 Å². The van der Waals surface area contributed by atoms with E-state index in [4.69, 9.17) is 13.9 Å². The van der Waals surface area contributed by atoms with Gasteiger partial charge in [0.15, 0.2) is 0 Å². The summed E-state index contributed by atoms with van der Waals surface area (Å²) in [7, 11) is 3.16. The molecule has 1 atom stereocenters. The Kier molecular flexibility index (Phi) is 8.44. The summed E-state index contributed by atoms with van der Waals surface area (Å²) in [5.74, 6) is 1.82. The molecule has 0 fully saturated rings. The van der Waals surface area contributed by atoms with Gasteiger partial charge in [-0.05, 0) is 25.5 Å². The van der Waals surface area contributed by atoms with Gasteiger partial charge in [0.25, 0.3) is 5.22 Å². The lowest BCUT2D eigenvalue weighted by atomic mass is 10.1. The van der Waals surface area contributed by atoms with Crippen LogP contribution >= 0.6 is 11.8 Å². The number of hydrogen-bond donors (Lipinski definition) is 1. The van der Waals surface area contributed by atoms with Crippen molar-refractivity contribution in [1.29, 1.82) is 0 Å². The predicted octanol–water partition coefficient (Wildman–Crippen LogP) is 3.93. The fraction of sp³-hybridized carbons (Fsp3) is 0.526. The van der Waals surface area contributed by atoms with Crippen LogP contribution in [0.3, 0.4) is 0 Å². The number of aromatic nitrogens is 2. The quantitative estimate of drug-likeness (QED) is 0.457. The lowest BCUT2D eigenvalue weighted by Gasteiger charge is -2.12. The van der Waals surface area contributed by atoms with E-state index in [0.717, 1.165) is 12.8 Å². The molecule has 0 radical (unpaired) electrons. The molecular weight excluding hydrogens is 366 g/mol. The van der Waals surface area contributed by atoms with Crippen LogP contribution in [0.2, 0.25) is 0 Å². The second-order valence-electron chi connectivity index (χ2n) is 6.23. The summed E-state index contributed by atoms with van der Waals surface area (Å²) in [6, 6.07) is 5.51. The van der Waals surface area contributed by atoms with E-state index in [9.17, 15) is 4.79 Å². The first-order valence-corrected chi connectivity index (χ1v) is 10.0. The first-order valence-electron chi connectivity index (χ1n) is 9.04. The molecule has 1 aromatic heterocycles. The largest absolute Gasteiger partial charge is 0.497 e. The molecule has 1 heterocycles. The maximum atomic E-state index is 12.0. The van der Waals surface area contributed by atoms with E-state index >= 15 is 0 Å². The lowest BCUT2D eigenvalue weighted by molar-refractivity contribution is -0.119. The zero-order valence-electron chi connectivity index (χ0n) is 16.3. The molecule has 0 aliphatic heterocycles. The highest BCUT2D eigenvalue weighted by Gasteiger charge is 2.14. The van der Waals surface area contributed by atoms with Crippen molar-refractivity contribution in [2.75, 3.05) is 20.0 Å². The number of thioether (sulfide) groups is 1. The molecule has 0 aliphatic carbocycles. The predicted molar refractivity (Wildman–Crippen MR) is 105 cm³/mol. The minimum Gasteiger partial charge on any atom is -0.497 e. The molecule has 2 rings (SSSR count). The maximum Gasteiger partial charge on any atom is 0.277 e. The Balaban J connectivity index is 1.90. The maximum absolute atomic E-state index is 12.0. The second-order valence-corrected chi connectivity index (χ2v) is 7.15. The number of carbonyl (C=O) groups excluding carboxylic acids is 1. The number of nitrogens with zero attached hydrogens (tertiary/aromatic N) is 2. The van der Waals surface area contributed by atoms with Gasteiger partial charge in [-0.1, -0.05) is 37.9 Å². The van der Waals surface area contributed by atoms with Gasteiger partial charge in [-0.3, -0.25) is 4.79 Å². The van der Waals surface area contributed by atoms with Crippen molar-refractivity contribution < 1.29 is 18.7 Å². The van der Waals surface area contributed by atoms with Crippen LogP contribution < -0.4 is 14.8 Å². The molecular formula is C19H27N3O4S. The number of methoxy groups -OCH3 is 2. The molecule has 0 aliphatic rings. The Morgan fingerprint density at radius 3 is 2.52 bits per heavy atom. The molecule has 1 N–H and O–H groups in total. The summed E-state index contributed by atoms with van der Waals surface area (Å²) in [6.07, 6.45) is 4.48. The number of benzene rings is 1. The van der Waals surface area contributed by atoms with Crippen LogP contribution in [0, 0.1) is 0 Å². The number of unbranched alkanes of at least 4 members (excludes halogenated alkanes) is 2. The highest BCUT2D eigenvalue weighted by molar-refractivity contribution is 7.99. The standard InChI is InChI=1S/C19H27N3O4S/c1-5-6-7-8-13(2)20-17(23)12-27-19-22-21-18(26-19)14-9-15(24-3)11-16(10-14)25-4/h9-11,13H,5-8,12H2,1-4H3,(H,20,23)/t13-/m1/s1. The number of hydrogen-bond acceptors (Lipinski definition) is 7. The van der Waals surface area contributed by atoms with Gasteiger partial charge in [0, 0.05) is 17.7 Å². The monoisotopic (exact) mass is 393 g/mol. The van der Waals surface area contributed by atoms with Crippen molar-refractivity contribution in [2.24, 2.45) is 0 Å². The Bertz CT molecular complexity index is 713. The summed E-state index contributed by atoms with van der Waals surface area (Å²) in [5.41, 5.74) is 0.694. The number of amides is 1. The topological polar surface area (TPSA) is 86.5 Å².